The zero-order valence-corrected chi connectivity index (χ0v) is 11.4. The second-order valence-corrected chi connectivity index (χ2v) is 4.66. The Balaban J connectivity index is 2.88. The maximum absolute atomic E-state index is 13.8. The minimum absolute atomic E-state index is 0.0271. The zero-order chi connectivity index (χ0) is 13.0. The average Bonchev–Trinajstić information content (AvgIpc) is 2.23. The first kappa shape index (κ1) is 14.1. The first-order valence-electron chi connectivity index (χ1n) is 5.32. The molecule has 0 bridgehead atoms. The minimum Gasteiger partial charge on any atom is -0.466 e. The Morgan fingerprint density at radius 1 is 1.59 bits per heavy atom. The molecule has 0 fully saturated rings. The van der Waals surface area contributed by atoms with Gasteiger partial charge in [-0.1, -0.05) is 15.9 Å². The summed E-state index contributed by atoms with van der Waals surface area (Å²) in [7, 11) is 0. The largest absolute Gasteiger partial charge is 0.466 e. The van der Waals surface area contributed by atoms with Crippen LogP contribution in [0, 0.1) is 12.7 Å². The number of hydrogen-bond donors (Lipinski definition) is 1. The van der Waals surface area contributed by atoms with Crippen LogP contribution in [-0.4, -0.2) is 12.6 Å². The predicted molar refractivity (Wildman–Crippen MR) is 67.0 cm³/mol. The summed E-state index contributed by atoms with van der Waals surface area (Å²) in [5, 5.41) is 0. The van der Waals surface area contributed by atoms with Crippen LogP contribution in [-0.2, 0) is 9.53 Å². The number of carbonyl (C=O) groups excluding carboxylic acids is 1. The van der Waals surface area contributed by atoms with Gasteiger partial charge in [-0.25, -0.2) is 4.39 Å². The van der Waals surface area contributed by atoms with Gasteiger partial charge in [0, 0.05) is 16.1 Å². The number of halogens is 2. The van der Waals surface area contributed by atoms with Crippen LogP contribution in [0.15, 0.2) is 16.6 Å². The van der Waals surface area contributed by atoms with Gasteiger partial charge in [0.15, 0.2) is 0 Å². The molecule has 94 valence electrons. The predicted octanol–water partition coefficient (Wildman–Crippen LogP) is 2.85. The van der Waals surface area contributed by atoms with Gasteiger partial charge in [-0.15, -0.1) is 0 Å². The third kappa shape index (κ3) is 3.78. The van der Waals surface area contributed by atoms with E-state index in [1.807, 2.05) is 0 Å². The molecule has 0 aliphatic heterocycles. The monoisotopic (exact) mass is 303 g/mol. The maximum atomic E-state index is 13.8. The van der Waals surface area contributed by atoms with Gasteiger partial charge in [-0.2, -0.15) is 0 Å². The highest BCUT2D eigenvalue weighted by molar-refractivity contribution is 9.10. The van der Waals surface area contributed by atoms with E-state index in [0.29, 0.717) is 17.7 Å². The van der Waals surface area contributed by atoms with E-state index >= 15 is 0 Å². The Morgan fingerprint density at radius 3 is 2.82 bits per heavy atom. The quantitative estimate of drug-likeness (QED) is 0.870. The third-order valence-corrected chi connectivity index (χ3v) is 2.80. The fourth-order valence-electron chi connectivity index (χ4n) is 1.53. The van der Waals surface area contributed by atoms with Crippen LogP contribution in [0.3, 0.4) is 0 Å². The molecule has 5 heteroatoms. The van der Waals surface area contributed by atoms with Gasteiger partial charge in [0.2, 0.25) is 0 Å². The Hall–Kier alpha value is -0.940. The second kappa shape index (κ2) is 6.12. The van der Waals surface area contributed by atoms with E-state index in [2.05, 4.69) is 15.9 Å². The van der Waals surface area contributed by atoms with E-state index in [1.54, 1.807) is 26.0 Å². The summed E-state index contributed by atoms with van der Waals surface area (Å²) >= 11 is 3.27. The molecule has 0 radical (unpaired) electrons. The van der Waals surface area contributed by atoms with Crippen LogP contribution in [0.5, 0.6) is 0 Å². The van der Waals surface area contributed by atoms with E-state index < -0.39 is 12.0 Å². The molecular formula is C12H15BrFNO2. The van der Waals surface area contributed by atoms with Crippen molar-refractivity contribution in [3.63, 3.8) is 0 Å². The maximum Gasteiger partial charge on any atom is 0.307 e. The Bertz CT molecular complexity index is 423. The van der Waals surface area contributed by atoms with Gasteiger partial charge in [0.05, 0.1) is 13.0 Å². The third-order valence-electron chi connectivity index (χ3n) is 2.34. The molecule has 0 saturated heterocycles. The van der Waals surface area contributed by atoms with Crippen LogP contribution in [0.1, 0.15) is 30.5 Å². The molecule has 1 rings (SSSR count). The zero-order valence-electron chi connectivity index (χ0n) is 9.80. The van der Waals surface area contributed by atoms with E-state index in [-0.39, 0.29) is 12.2 Å². The van der Waals surface area contributed by atoms with Crippen LogP contribution in [0.25, 0.3) is 0 Å². The number of carbonyl (C=O) groups is 1. The van der Waals surface area contributed by atoms with Gasteiger partial charge in [-0.05, 0) is 31.5 Å². The summed E-state index contributed by atoms with van der Waals surface area (Å²) in [5.41, 5.74) is 6.62. The van der Waals surface area contributed by atoms with Crippen molar-refractivity contribution in [2.24, 2.45) is 5.73 Å². The molecule has 0 heterocycles. The standard InChI is InChI=1S/C12H15BrFNO2/c1-3-17-11(16)6-10(15)9-5-8(13)4-7(2)12(9)14/h4-5,10H,3,6,15H2,1-2H3. The van der Waals surface area contributed by atoms with Gasteiger partial charge in [0.1, 0.15) is 5.82 Å². The van der Waals surface area contributed by atoms with E-state index in [4.69, 9.17) is 10.5 Å². The Morgan fingerprint density at radius 2 is 2.24 bits per heavy atom. The molecule has 1 unspecified atom stereocenters. The number of benzene rings is 1. The molecule has 0 aromatic heterocycles. The van der Waals surface area contributed by atoms with E-state index in [1.165, 1.54) is 0 Å². The minimum atomic E-state index is -0.690. The van der Waals surface area contributed by atoms with E-state index in [9.17, 15) is 9.18 Å². The van der Waals surface area contributed by atoms with Crippen molar-refractivity contribution in [1.29, 1.82) is 0 Å². The molecule has 0 aliphatic carbocycles. The Labute approximate surface area is 108 Å². The summed E-state index contributed by atoms with van der Waals surface area (Å²) in [6.45, 7) is 3.67. The molecule has 1 atom stereocenters. The molecule has 0 saturated carbocycles. The number of esters is 1. The molecule has 17 heavy (non-hydrogen) atoms. The number of ether oxygens (including phenoxy) is 1. The molecule has 0 amide bonds. The summed E-state index contributed by atoms with van der Waals surface area (Å²) in [6, 6.07) is 2.56. The van der Waals surface area contributed by atoms with Crippen molar-refractivity contribution in [1.82, 2.24) is 0 Å². The van der Waals surface area contributed by atoms with Crippen molar-refractivity contribution in [2.75, 3.05) is 6.61 Å². The van der Waals surface area contributed by atoms with Gasteiger partial charge < -0.3 is 10.5 Å². The van der Waals surface area contributed by atoms with Crippen molar-refractivity contribution >= 4 is 21.9 Å². The molecule has 0 aliphatic rings. The number of hydrogen-bond acceptors (Lipinski definition) is 3. The van der Waals surface area contributed by atoms with Crippen LogP contribution in [0.2, 0.25) is 0 Å². The summed E-state index contributed by atoms with van der Waals surface area (Å²) in [5.74, 6) is -0.790. The lowest BCUT2D eigenvalue weighted by Gasteiger charge is -2.14. The first-order valence-corrected chi connectivity index (χ1v) is 6.11. The smallest absolute Gasteiger partial charge is 0.307 e. The fourth-order valence-corrected chi connectivity index (χ4v) is 2.12. The molecule has 2 N–H and O–H groups in total. The topological polar surface area (TPSA) is 52.3 Å². The molecular weight excluding hydrogens is 289 g/mol. The molecule has 0 spiro atoms. The normalized spacial score (nSPS) is 12.3. The van der Waals surface area contributed by atoms with Gasteiger partial charge in [0.25, 0.3) is 0 Å². The molecule has 3 nitrogen and oxygen atoms in total. The molecule has 1 aromatic carbocycles. The summed E-state index contributed by atoms with van der Waals surface area (Å²) in [4.78, 5) is 11.3. The highest BCUT2D eigenvalue weighted by Gasteiger charge is 2.18. The highest BCUT2D eigenvalue weighted by atomic mass is 79.9. The van der Waals surface area contributed by atoms with Crippen molar-refractivity contribution in [3.05, 3.63) is 33.5 Å². The number of aryl methyl sites for hydroxylation is 1. The number of nitrogens with two attached hydrogens (primary N) is 1. The fraction of sp³-hybridized carbons (Fsp3) is 0.417. The summed E-state index contributed by atoms with van der Waals surface area (Å²) < 4.78 is 19.3. The van der Waals surface area contributed by atoms with Crippen molar-refractivity contribution in [2.45, 2.75) is 26.3 Å². The lowest BCUT2D eigenvalue weighted by molar-refractivity contribution is -0.143. The highest BCUT2D eigenvalue weighted by Crippen LogP contribution is 2.25. The Kier molecular flexibility index (Phi) is 5.08. The first-order chi connectivity index (χ1) is 7.95. The molecule has 1 aromatic rings. The van der Waals surface area contributed by atoms with Gasteiger partial charge in [-0.3, -0.25) is 4.79 Å². The van der Waals surface area contributed by atoms with Crippen LogP contribution in [0.4, 0.5) is 4.39 Å². The SMILES string of the molecule is CCOC(=O)CC(N)c1cc(Br)cc(C)c1F. The second-order valence-electron chi connectivity index (χ2n) is 3.74. The van der Waals surface area contributed by atoms with E-state index in [0.717, 1.165) is 4.47 Å². The summed E-state index contributed by atoms with van der Waals surface area (Å²) in [6.07, 6.45) is -0.0271. The number of rotatable bonds is 4. The van der Waals surface area contributed by atoms with Crippen LogP contribution >= 0.6 is 15.9 Å². The lowest BCUT2D eigenvalue weighted by Crippen LogP contribution is -2.18. The van der Waals surface area contributed by atoms with Crippen molar-refractivity contribution < 1.29 is 13.9 Å². The lowest BCUT2D eigenvalue weighted by atomic mass is 10.0. The average molecular weight is 304 g/mol. The van der Waals surface area contributed by atoms with Gasteiger partial charge >= 0.3 is 5.97 Å². The van der Waals surface area contributed by atoms with Crippen LogP contribution < -0.4 is 5.73 Å². The van der Waals surface area contributed by atoms with Crippen molar-refractivity contribution in [3.8, 4) is 0 Å².